The van der Waals surface area contributed by atoms with Gasteiger partial charge in [0.25, 0.3) is 0 Å². The summed E-state index contributed by atoms with van der Waals surface area (Å²) >= 11 is 0. The average molecular weight is 293 g/mol. The molecule has 0 aliphatic carbocycles. The van der Waals surface area contributed by atoms with Crippen LogP contribution < -0.4 is 5.63 Å². The van der Waals surface area contributed by atoms with Gasteiger partial charge in [0.2, 0.25) is 0 Å². The minimum absolute atomic E-state index is 0.0639. The zero-order valence-electron chi connectivity index (χ0n) is 11.4. The molecular weight excluding hydrogens is 282 g/mol. The van der Waals surface area contributed by atoms with E-state index in [0.29, 0.717) is 16.7 Å². The van der Waals surface area contributed by atoms with E-state index < -0.39 is 5.63 Å². The highest BCUT2D eigenvalue weighted by molar-refractivity contribution is 5.84. The monoisotopic (exact) mass is 293 g/mol. The lowest BCUT2D eigenvalue weighted by Gasteiger charge is -2.06. The van der Waals surface area contributed by atoms with Gasteiger partial charge in [0.15, 0.2) is 0 Å². The molecular formula is C16H11N3O3. The third kappa shape index (κ3) is 2.51. The number of rotatable bonds is 3. The summed E-state index contributed by atoms with van der Waals surface area (Å²) in [5.41, 5.74) is 9.66. The summed E-state index contributed by atoms with van der Waals surface area (Å²) in [7, 11) is 0. The van der Waals surface area contributed by atoms with Crippen LogP contribution in [-0.4, -0.2) is 5.11 Å². The lowest BCUT2D eigenvalue weighted by Crippen LogP contribution is -2.08. The Morgan fingerprint density at radius 3 is 2.59 bits per heavy atom. The summed E-state index contributed by atoms with van der Waals surface area (Å²) in [6, 6.07) is 13.6. The molecule has 1 aromatic heterocycles. The van der Waals surface area contributed by atoms with Crippen molar-refractivity contribution >= 4 is 16.7 Å². The molecule has 6 heteroatoms. The summed E-state index contributed by atoms with van der Waals surface area (Å²) in [4.78, 5) is 14.7. The van der Waals surface area contributed by atoms with Gasteiger partial charge < -0.3 is 9.52 Å². The molecule has 0 aliphatic rings. The third-order valence-corrected chi connectivity index (χ3v) is 3.35. The van der Waals surface area contributed by atoms with Crippen LogP contribution in [0.2, 0.25) is 0 Å². The van der Waals surface area contributed by atoms with Crippen molar-refractivity contribution in [2.24, 2.45) is 5.11 Å². The van der Waals surface area contributed by atoms with Gasteiger partial charge in [0, 0.05) is 17.0 Å². The molecule has 3 rings (SSSR count). The van der Waals surface area contributed by atoms with Gasteiger partial charge in [-0.25, -0.2) is 4.79 Å². The Bertz CT molecular complexity index is 939. The molecule has 3 aromatic rings. The van der Waals surface area contributed by atoms with Crippen LogP contribution in [0.4, 0.5) is 5.69 Å². The Labute approximate surface area is 124 Å². The van der Waals surface area contributed by atoms with E-state index in [0.717, 1.165) is 5.56 Å². The first kappa shape index (κ1) is 13.7. The fraction of sp³-hybridized carbons (Fsp3) is 0.0625. The van der Waals surface area contributed by atoms with Crippen molar-refractivity contribution in [3.05, 3.63) is 80.5 Å². The van der Waals surface area contributed by atoms with E-state index in [4.69, 9.17) is 9.95 Å². The lowest BCUT2D eigenvalue weighted by atomic mass is 10.0. The van der Waals surface area contributed by atoms with E-state index in [-0.39, 0.29) is 17.7 Å². The van der Waals surface area contributed by atoms with Gasteiger partial charge in [-0.3, -0.25) is 0 Å². The molecule has 0 unspecified atom stereocenters. The number of nitrogens with zero attached hydrogens (tertiary/aromatic N) is 3. The highest BCUT2D eigenvalue weighted by atomic mass is 16.4. The second-order valence-corrected chi connectivity index (χ2v) is 4.75. The Balaban J connectivity index is 2.03. The van der Waals surface area contributed by atoms with Crippen LogP contribution >= 0.6 is 0 Å². The zero-order chi connectivity index (χ0) is 15.5. The second kappa shape index (κ2) is 5.63. The SMILES string of the molecule is [N-]=[N+]=Nc1ccc(Cc2c(O)c3ccccc3oc2=O)cc1. The van der Waals surface area contributed by atoms with Crippen molar-refractivity contribution < 1.29 is 9.52 Å². The Hall–Kier alpha value is -3.24. The lowest BCUT2D eigenvalue weighted by molar-refractivity contribution is 0.459. The highest BCUT2D eigenvalue weighted by Crippen LogP contribution is 2.27. The van der Waals surface area contributed by atoms with E-state index in [1.54, 1.807) is 48.5 Å². The van der Waals surface area contributed by atoms with Gasteiger partial charge >= 0.3 is 5.63 Å². The van der Waals surface area contributed by atoms with Gasteiger partial charge in [-0.05, 0) is 23.2 Å². The van der Waals surface area contributed by atoms with Crippen molar-refractivity contribution in [1.82, 2.24) is 0 Å². The van der Waals surface area contributed by atoms with Gasteiger partial charge in [-0.15, -0.1) is 0 Å². The summed E-state index contributed by atoms with van der Waals surface area (Å²) in [6.45, 7) is 0. The van der Waals surface area contributed by atoms with E-state index in [9.17, 15) is 9.90 Å². The normalized spacial score (nSPS) is 10.4. The Kier molecular flexibility index (Phi) is 3.52. The first-order chi connectivity index (χ1) is 10.7. The van der Waals surface area contributed by atoms with Crippen molar-refractivity contribution in [1.29, 1.82) is 0 Å². The number of para-hydroxylation sites is 1. The molecule has 6 nitrogen and oxygen atoms in total. The molecule has 0 radical (unpaired) electrons. The largest absolute Gasteiger partial charge is 0.507 e. The van der Waals surface area contributed by atoms with Crippen molar-refractivity contribution in [3.8, 4) is 5.75 Å². The number of hydrogen-bond donors (Lipinski definition) is 1. The van der Waals surface area contributed by atoms with E-state index >= 15 is 0 Å². The smallest absolute Gasteiger partial charge is 0.343 e. The van der Waals surface area contributed by atoms with Crippen LogP contribution in [-0.2, 0) is 6.42 Å². The fourth-order valence-corrected chi connectivity index (χ4v) is 2.26. The molecule has 0 amide bonds. The molecule has 0 spiro atoms. The van der Waals surface area contributed by atoms with E-state index in [1.807, 2.05) is 0 Å². The molecule has 108 valence electrons. The van der Waals surface area contributed by atoms with Crippen LogP contribution in [0.3, 0.4) is 0 Å². The minimum atomic E-state index is -0.560. The number of fused-ring (bicyclic) bond motifs is 1. The third-order valence-electron chi connectivity index (χ3n) is 3.35. The Morgan fingerprint density at radius 1 is 1.14 bits per heavy atom. The van der Waals surface area contributed by atoms with Crippen molar-refractivity contribution in [2.45, 2.75) is 6.42 Å². The molecule has 22 heavy (non-hydrogen) atoms. The maximum Gasteiger partial charge on any atom is 0.343 e. The first-order valence-electron chi connectivity index (χ1n) is 6.57. The maximum absolute atomic E-state index is 12.0. The predicted molar refractivity (Wildman–Crippen MR) is 82.2 cm³/mol. The molecule has 0 saturated heterocycles. The molecule has 0 saturated carbocycles. The number of hydrogen-bond acceptors (Lipinski definition) is 4. The molecule has 2 aromatic carbocycles. The summed E-state index contributed by atoms with van der Waals surface area (Å²) in [5.74, 6) is -0.0639. The maximum atomic E-state index is 12.0. The zero-order valence-corrected chi connectivity index (χ0v) is 11.4. The van der Waals surface area contributed by atoms with Crippen LogP contribution in [0.25, 0.3) is 21.4 Å². The van der Waals surface area contributed by atoms with Gasteiger partial charge in [-0.2, -0.15) is 0 Å². The fourth-order valence-electron chi connectivity index (χ4n) is 2.26. The molecule has 1 N–H and O–H groups in total. The highest BCUT2D eigenvalue weighted by Gasteiger charge is 2.13. The van der Waals surface area contributed by atoms with E-state index in [2.05, 4.69) is 10.0 Å². The van der Waals surface area contributed by atoms with Gasteiger partial charge in [0.05, 0.1) is 10.9 Å². The summed E-state index contributed by atoms with van der Waals surface area (Å²) < 4.78 is 5.23. The summed E-state index contributed by atoms with van der Waals surface area (Å²) in [6.07, 6.45) is 0.232. The molecule has 1 heterocycles. The van der Waals surface area contributed by atoms with Crippen LogP contribution in [0.5, 0.6) is 5.75 Å². The standard InChI is InChI=1S/C16H11N3O3/c17-19-18-11-7-5-10(6-8-11)9-13-15(20)12-3-1-2-4-14(12)22-16(13)21/h1-8,20H,9H2. The van der Waals surface area contributed by atoms with Crippen LogP contribution in [0.1, 0.15) is 11.1 Å². The number of azide groups is 1. The Morgan fingerprint density at radius 2 is 1.86 bits per heavy atom. The van der Waals surface area contributed by atoms with Crippen molar-refractivity contribution in [3.63, 3.8) is 0 Å². The van der Waals surface area contributed by atoms with Gasteiger partial charge in [-0.1, -0.05) is 41.5 Å². The molecule has 0 bridgehead atoms. The average Bonchev–Trinajstić information content (AvgIpc) is 2.53. The van der Waals surface area contributed by atoms with Crippen LogP contribution in [0.15, 0.2) is 62.9 Å². The van der Waals surface area contributed by atoms with E-state index in [1.165, 1.54) is 0 Å². The van der Waals surface area contributed by atoms with Crippen LogP contribution in [0, 0.1) is 0 Å². The minimum Gasteiger partial charge on any atom is -0.507 e. The van der Waals surface area contributed by atoms with Gasteiger partial charge in [0.1, 0.15) is 11.3 Å². The first-order valence-corrected chi connectivity index (χ1v) is 6.57. The molecule has 0 atom stereocenters. The number of aromatic hydroxyl groups is 1. The number of benzene rings is 2. The predicted octanol–water partition coefficient (Wildman–Crippen LogP) is 4.03. The topological polar surface area (TPSA) is 99.2 Å². The summed E-state index contributed by atoms with van der Waals surface area (Å²) in [5, 5.41) is 14.3. The van der Waals surface area contributed by atoms with Crippen molar-refractivity contribution in [2.75, 3.05) is 0 Å². The second-order valence-electron chi connectivity index (χ2n) is 4.75. The molecule has 0 fully saturated rings. The molecule has 0 aliphatic heterocycles. The quantitative estimate of drug-likeness (QED) is 0.341.